The van der Waals surface area contributed by atoms with Crippen LogP contribution >= 0.6 is 11.3 Å². The number of carbonyl (C=O) groups is 1. The zero-order chi connectivity index (χ0) is 22.0. The number of hydrogen-bond acceptors (Lipinski definition) is 6. The van der Waals surface area contributed by atoms with Crippen LogP contribution in [0.4, 0.5) is 5.00 Å². The van der Waals surface area contributed by atoms with Gasteiger partial charge in [-0.05, 0) is 49.4 Å². The van der Waals surface area contributed by atoms with E-state index in [1.807, 2.05) is 17.9 Å². The topological polar surface area (TPSA) is 102 Å². The Balaban J connectivity index is 1.47. The van der Waals surface area contributed by atoms with Gasteiger partial charge in [-0.2, -0.15) is 5.26 Å². The largest absolute Gasteiger partial charge is 0.315 e. The van der Waals surface area contributed by atoms with Crippen LogP contribution in [0, 0.1) is 17.2 Å². The van der Waals surface area contributed by atoms with Crippen LogP contribution in [0.2, 0.25) is 0 Å². The highest BCUT2D eigenvalue weighted by atomic mass is 32.1. The van der Waals surface area contributed by atoms with Crippen molar-refractivity contribution >= 4 is 33.1 Å². The molecule has 3 aromatic rings. The average Bonchev–Trinajstić information content (AvgIpc) is 3.08. The fraction of sp³-hybridized carbons (Fsp3) is 0.391. The van der Waals surface area contributed by atoms with Gasteiger partial charge in [0.2, 0.25) is 5.91 Å². The lowest BCUT2D eigenvalue weighted by Gasteiger charge is -2.19. The zero-order valence-corrected chi connectivity index (χ0v) is 18.5. The number of rotatable bonds is 6. The Morgan fingerprint density at radius 3 is 3.00 bits per heavy atom. The van der Waals surface area contributed by atoms with Crippen LogP contribution in [-0.2, 0) is 24.2 Å². The molecule has 0 radical (unpaired) electrons. The van der Waals surface area contributed by atoms with Crippen molar-refractivity contribution < 1.29 is 4.79 Å². The molecule has 0 saturated carbocycles. The molecule has 1 amide bonds. The highest BCUT2D eigenvalue weighted by Crippen LogP contribution is 2.39. The maximum atomic E-state index is 12.7. The summed E-state index contributed by atoms with van der Waals surface area (Å²) in [5, 5.41) is 13.8. The predicted molar refractivity (Wildman–Crippen MR) is 122 cm³/mol. The first-order valence-corrected chi connectivity index (χ1v) is 11.3. The molecule has 2 aromatic heterocycles. The van der Waals surface area contributed by atoms with Gasteiger partial charge in [0, 0.05) is 4.88 Å². The molecule has 8 heteroatoms. The number of para-hydroxylation sites is 1. The van der Waals surface area contributed by atoms with E-state index in [9.17, 15) is 14.9 Å². The third kappa shape index (κ3) is 4.53. The van der Waals surface area contributed by atoms with E-state index in [-0.39, 0.29) is 18.0 Å². The van der Waals surface area contributed by atoms with Gasteiger partial charge in [-0.25, -0.2) is 4.98 Å². The Labute approximate surface area is 184 Å². The van der Waals surface area contributed by atoms with Gasteiger partial charge in [0.25, 0.3) is 5.56 Å². The first kappa shape index (κ1) is 21.2. The van der Waals surface area contributed by atoms with Gasteiger partial charge < -0.3 is 10.3 Å². The summed E-state index contributed by atoms with van der Waals surface area (Å²) in [5.74, 6) is 0.957. The summed E-state index contributed by atoms with van der Waals surface area (Å²) in [7, 11) is 0. The summed E-state index contributed by atoms with van der Waals surface area (Å²) in [6, 6.07) is 9.48. The Morgan fingerprint density at radius 2 is 2.23 bits per heavy atom. The first-order chi connectivity index (χ1) is 15.0. The van der Waals surface area contributed by atoms with E-state index in [1.54, 1.807) is 18.2 Å². The number of benzene rings is 1. The number of thiophene rings is 1. The van der Waals surface area contributed by atoms with Crippen LogP contribution in [0.5, 0.6) is 0 Å². The van der Waals surface area contributed by atoms with Crippen molar-refractivity contribution in [3.8, 4) is 6.07 Å². The molecular formula is C23H25N5O2S. The number of nitrogens with one attached hydrogen (secondary N) is 2. The number of nitrogens with zero attached hydrogens (tertiary/aromatic N) is 3. The van der Waals surface area contributed by atoms with Crippen molar-refractivity contribution in [2.45, 2.75) is 39.7 Å². The Hall–Kier alpha value is -3.02. The Bertz CT molecular complexity index is 1220. The van der Waals surface area contributed by atoms with Crippen LogP contribution in [-0.4, -0.2) is 33.9 Å². The minimum Gasteiger partial charge on any atom is -0.315 e. The maximum Gasteiger partial charge on any atom is 0.258 e. The third-order valence-corrected chi connectivity index (χ3v) is 6.90. The number of carbonyl (C=O) groups excluding carboxylic acids is 1. The molecule has 1 aliphatic carbocycles. The minimum atomic E-state index is -0.182. The number of likely N-dealkylation sites (N-methyl/N-ethyl adjacent to an activating group) is 1. The second kappa shape index (κ2) is 9.00. The number of hydrogen-bond donors (Lipinski definition) is 2. The molecule has 1 aliphatic rings. The fourth-order valence-electron chi connectivity index (χ4n) is 4.03. The minimum absolute atomic E-state index is 0.150. The molecule has 2 N–H and O–H groups in total. The van der Waals surface area contributed by atoms with E-state index >= 15 is 0 Å². The number of fused-ring (bicyclic) bond motifs is 2. The van der Waals surface area contributed by atoms with E-state index in [4.69, 9.17) is 0 Å². The lowest BCUT2D eigenvalue weighted by Crippen LogP contribution is -2.33. The molecule has 160 valence electrons. The second-order valence-corrected chi connectivity index (χ2v) is 9.15. The lowest BCUT2D eigenvalue weighted by atomic mass is 9.89. The lowest BCUT2D eigenvalue weighted by molar-refractivity contribution is -0.117. The molecule has 0 bridgehead atoms. The van der Waals surface area contributed by atoms with Gasteiger partial charge >= 0.3 is 0 Å². The number of H-pyrrole nitrogens is 1. The van der Waals surface area contributed by atoms with Crippen LogP contribution in [0.1, 0.15) is 42.1 Å². The first-order valence-electron chi connectivity index (χ1n) is 10.5. The Morgan fingerprint density at radius 1 is 1.42 bits per heavy atom. The Kier molecular flexibility index (Phi) is 6.16. The molecule has 1 aromatic carbocycles. The van der Waals surface area contributed by atoms with E-state index in [0.29, 0.717) is 46.3 Å². The van der Waals surface area contributed by atoms with Crippen molar-refractivity contribution in [2.24, 2.45) is 5.92 Å². The highest BCUT2D eigenvalue weighted by molar-refractivity contribution is 7.16. The van der Waals surface area contributed by atoms with Crippen LogP contribution in [0.3, 0.4) is 0 Å². The summed E-state index contributed by atoms with van der Waals surface area (Å²) in [4.78, 5) is 35.5. The van der Waals surface area contributed by atoms with Crippen LogP contribution in [0.25, 0.3) is 10.9 Å². The number of anilines is 1. The number of aromatic amines is 1. The van der Waals surface area contributed by atoms with Gasteiger partial charge in [-0.1, -0.05) is 26.0 Å². The standard InChI is InChI=1S/C23H25N5O2S/c1-3-28(12-20-25-18-7-5-4-6-16(18)22(30)26-20)13-21(29)27-23-17(11-24)15-9-8-14(2)10-19(15)31-23/h4-7,14H,3,8-10,12-13H2,1-2H3,(H,27,29)(H,25,26,30)/t14-/m0/s1. The molecule has 0 fully saturated rings. The molecule has 0 unspecified atom stereocenters. The molecule has 4 rings (SSSR count). The summed E-state index contributed by atoms with van der Waals surface area (Å²) in [5.41, 5.74) is 2.17. The second-order valence-electron chi connectivity index (χ2n) is 8.05. The van der Waals surface area contributed by atoms with Crippen molar-refractivity contribution in [2.75, 3.05) is 18.4 Å². The average molecular weight is 436 g/mol. The number of aromatic nitrogens is 2. The summed E-state index contributed by atoms with van der Waals surface area (Å²) >= 11 is 1.53. The number of amides is 1. The molecule has 2 heterocycles. The zero-order valence-electron chi connectivity index (χ0n) is 17.7. The van der Waals surface area contributed by atoms with Gasteiger partial charge in [-0.15, -0.1) is 11.3 Å². The van der Waals surface area contributed by atoms with E-state index in [2.05, 4.69) is 28.3 Å². The van der Waals surface area contributed by atoms with Crippen molar-refractivity contribution in [3.63, 3.8) is 0 Å². The van der Waals surface area contributed by atoms with Gasteiger partial charge in [0.1, 0.15) is 16.9 Å². The number of nitriles is 1. The van der Waals surface area contributed by atoms with Crippen molar-refractivity contribution in [3.05, 3.63) is 56.4 Å². The summed E-state index contributed by atoms with van der Waals surface area (Å²) in [6.07, 6.45) is 2.94. The van der Waals surface area contributed by atoms with Gasteiger partial charge in [0.05, 0.1) is 29.6 Å². The van der Waals surface area contributed by atoms with Gasteiger partial charge in [-0.3, -0.25) is 14.5 Å². The predicted octanol–water partition coefficient (Wildman–Crippen LogP) is 3.44. The third-order valence-electron chi connectivity index (χ3n) is 5.73. The molecule has 0 saturated heterocycles. The fourth-order valence-corrected chi connectivity index (χ4v) is 5.40. The van der Waals surface area contributed by atoms with Gasteiger partial charge in [0.15, 0.2) is 0 Å². The van der Waals surface area contributed by atoms with Crippen LogP contribution < -0.4 is 10.9 Å². The van der Waals surface area contributed by atoms with E-state index in [0.717, 1.165) is 24.8 Å². The van der Waals surface area contributed by atoms with E-state index in [1.165, 1.54) is 16.2 Å². The smallest absolute Gasteiger partial charge is 0.258 e. The quantitative estimate of drug-likeness (QED) is 0.618. The highest BCUT2D eigenvalue weighted by Gasteiger charge is 2.25. The SMILES string of the molecule is CCN(CC(=O)Nc1sc2c(c1C#N)CC[C@H](C)C2)Cc1nc2ccccc2c(=O)[nH]1. The molecular weight excluding hydrogens is 410 g/mol. The molecule has 1 atom stereocenters. The normalized spacial score (nSPS) is 15.6. The maximum absolute atomic E-state index is 12.7. The molecule has 31 heavy (non-hydrogen) atoms. The summed E-state index contributed by atoms with van der Waals surface area (Å²) < 4.78 is 0. The molecule has 7 nitrogen and oxygen atoms in total. The monoisotopic (exact) mass is 435 g/mol. The molecule has 0 spiro atoms. The summed E-state index contributed by atoms with van der Waals surface area (Å²) in [6.45, 7) is 5.30. The van der Waals surface area contributed by atoms with Crippen LogP contribution in [0.15, 0.2) is 29.1 Å². The van der Waals surface area contributed by atoms with E-state index < -0.39 is 0 Å². The molecule has 0 aliphatic heterocycles. The van der Waals surface area contributed by atoms with Crippen molar-refractivity contribution in [1.29, 1.82) is 5.26 Å². The van der Waals surface area contributed by atoms with Crippen molar-refractivity contribution in [1.82, 2.24) is 14.9 Å².